The molecule has 0 saturated heterocycles. The summed E-state index contributed by atoms with van der Waals surface area (Å²) in [7, 11) is 0. The van der Waals surface area contributed by atoms with Crippen molar-refractivity contribution in [1.82, 2.24) is 4.98 Å². The van der Waals surface area contributed by atoms with Crippen LogP contribution in [0.4, 0.5) is 4.39 Å². The lowest BCUT2D eigenvalue weighted by atomic mass is 10.1. The first-order valence-corrected chi connectivity index (χ1v) is 6.17. The summed E-state index contributed by atoms with van der Waals surface area (Å²) in [5.74, 6) is -3.68. The van der Waals surface area contributed by atoms with Crippen LogP contribution in [0.1, 0.15) is 28.0 Å². The van der Waals surface area contributed by atoms with Crippen molar-refractivity contribution < 1.29 is 23.9 Å². The van der Waals surface area contributed by atoms with E-state index < -0.39 is 24.0 Å². The number of aromatic nitrogens is 1. The summed E-state index contributed by atoms with van der Waals surface area (Å²) in [6.07, 6.45) is 1.14. The van der Waals surface area contributed by atoms with Crippen LogP contribution in [-0.4, -0.2) is 27.6 Å². The Morgan fingerprint density at radius 3 is 2.62 bits per heavy atom. The molecule has 21 heavy (non-hydrogen) atoms. The zero-order chi connectivity index (χ0) is 15.4. The summed E-state index contributed by atoms with van der Waals surface area (Å²) < 4.78 is 13.1. The van der Waals surface area contributed by atoms with Gasteiger partial charge in [-0.1, -0.05) is 12.1 Å². The first-order chi connectivity index (χ1) is 9.95. The van der Waals surface area contributed by atoms with Crippen LogP contribution < -0.4 is 0 Å². The number of carbonyl (C=O) groups is 3. The van der Waals surface area contributed by atoms with E-state index in [9.17, 15) is 18.8 Å². The van der Waals surface area contributed by atoms with Crippen molar-refractivity contribution in [1.29, 1.82) is 0 Å². The fourth-order valence-corrected chi connectivity index (χ4v) is 1.89. The van der Waals surface area contributed by atoms with E-state index in [1.165, 1.54) is 24.4 Å². The van der Waals surface area contributed by atoms with Crippen LogP contribution in [0.15, 0.2) is 36.5 Å². The highest BCUT2D eigenvalue weighted by atomic mass is 19.1. The summed E-state index contributed by atoms with van der Waals surface area (Å²) in [5, 5.41) is 8.46. The summed E-state index contributed by atoms with van der Waals surface area (Å²) in [4.78, 5) is 36.0. The summed E-state index contributed by atoms with van der Waals surface area (Å²) in [5.41, 5.74) is 1.64. The van der Waals surface area contributed by atoms with E-state index in [4.69, 9.17) is 5.11 Å². The molecule has 0 amide bonds. The van der Waals surface area contributed by atoms with Crippen molar-refractivity contribution in [3.63, 3.8) is 0 Å². The molecule has 108 valence electrons. The molecule has 0 atom stereocenters. The zero-order valence-electron chi connectivity index (χ0n) is 10.9. The average molecular weight is 289 g/mol. The van der Waals surface area contributed by atoms with Crippen LogP contribution in [0.5, 0.6) is 0 Å². The number of Topliss-reactive ketones (excluding diaryl/α,β-unsaturated/α-hetero) is 2. The molecule has 1 aromatic carbocycles. The lowest BCUT2D eigenvalue weighted by Gasteiger charge is -1.98. The number of carboxylic acids is 1. The van der Waals surface area contributed by atoms with Gasteiger partial charge in [-0.2, -0.15) is 0 Å². The number of hydrogen-bond acceptors (Lipinski definition) is 3. The molecule has 0 radical (unpaired) electrons. The van der Waals surface area contributed by atoms with E-state index in [0.717, 1.165) is 5.56 Å². The first-order valence-electron chi connectivity index (χ1n) is 6.17. The van der Waals surface area contributed by atoms with Gasteiger partial charge in [0.2, 0.25) is 5.78 Å². The van der Waals surface area contributed by atoms with Crippen LogP contribution in [-0.2, 0) is 16.0 Å². The van der Waals surface area contributed by atoms with E-state index in [-0.39, 0.29) is 11.4 Å². The van der Waals surface area contributed by atoms with Gasteiger partial charge in [0, 0.05) is 23.9 Å². The number of aliphatic carboxylic acids is 1. The summed E-state index contributed by atoms with van der Waals surface area (Å²) in [6, 6.07) is 7.59. The molecular formula is C15H12FNO4. The molecule has 0 aliphatic carbocycles. The first kappa shape index (κ1) is 14.6. The lowest BCUT2D eigenvalue weighted by Crippen LogP contribution is -2.16. The van der Waals surface area contributed by atoms with Crippen LogP contribution in [0, 0.1) is 5.82 Å². The number of hydrogen-bond donors (Lipinski definition) is 2. The quantitative estimate of drug-likeness (QED) is 0.483. The summed E-state index contributed by atoms with van der Waals surface area (Å²) >= 11 is 0. The monoisotopic (exact) mass is 289 g/mol. The Morgan fingerprint density at radius 2 is 1.95 bits per heavy atom. The van der Waals surface area contributed by atoms with E-state index in [1.807, 2.05) is 0 Å². The van der Waals surface area contributed by atoms with E-state index in [0.29, 0.717) is 12.1 Å². The smallest absolute Gasteiger partial charge is 0.372 e. The molecule has 0 unspecified atom stereocenters. The SMILES string of the molecule is O=C(O)C(=O)CC(=O)c1c[nH]c(Cc2cccc(F)c2)c1. The number of halogens is 1. The second-order valence-corrected chi connectivity index (χ2v) is 4.55. The number of carbonyl (C=O) groups excluding carboxylic acids is 2. The van der Waals surface area contributed by atoms with Gasteiger partial charge in [-0.3, -0.25) is 9.59 Å². The third-order valence-corrected chi connectivity index (χ3v) is 2.91. The Balaban J connectivity index is 2.06. The van der Waals surface area contributed by atoms with E-state index in [1.54, 1.807) is 12.1 Å². The molecule has 1 aromatic heterocycles. The van der Waals surface area contributed by atoms with Gasteiger partial charge in [0.15, 0.2) is 5.78 Å². The normalized spacial score (nSPS) is 10.3. The zero-order valence-corrected chi connectivity index (χ0v) is 10.9. The Morgan fingerprint density at radius 1 is 1.19 bits per heavy atom. The minimum atomic E-state index is -1.63. The predicted octanol–water partition coefficient (Wildman–Crippen LogP) is 1.97. The fraction of sp³-hybridized carbons (Fsp3) is 0.133. The molecule has 0 spiro atoms. The largest absolute Gasteiger partial charge is 0.475 e. The van der Waals surface area contributed by atoms with Crippen molar-refractivity contribution in [2.24, 2.45) is 0 Å². The molecule has 5 nitrogen and oxygen atoms in total. The number of H-pyrrole nitrogens is 1. The number of benzene rings is 1. The highest BCUT2D eigenvalue weighted by Crippen LogP contribution is 2.13. The highest BCUT2D eigenvalue weighted by molar-refractivity contribution is 6.37. The summed E-state index contributed by atoms with van der Waals surface area (Å²) in [6.45, 7) is 0. The molecule has 2 rings (SSSR count). The molecule has 0 fully saturated rings. The van der Waals surface area contributed by atoms with Gasteiger partial charge in [-0.05, 0) is 23.8 Å². The molecule has 0 aliphatic rings. The van der Waals surface area contributed by atoms with Gasteiger partial charge in [0.25, 0.3) is 0 Å². The molecule has 0 saturated carbocycles. The number of nitrogens with one attached hydrogen (secondary N) is 1. The van der Waals surface area contributed by atoms with E-state index >= 15 is 0 Å². The van der Waals surface area contributed by atoms with Crippen molar-refractivity contribution in [2.45, 2.75) is 12.8 Å². The Bertz CT molecular complexity index is 705. The molecule has 0 aliphatic heterocycles. The van der Waals surface area contributed by atoms with Gasteiger partial charge in [0.05, 0.1) is 6.42 Å². The fourth-order valence-electron chi connectivity index (χ4n) is 1.89. The molecule has 1 heterocycles. The third kappa shape index (κ3) is 3.85. The number of carboxylic acid groups (broad SMARTS) is 1. The second kappa shape index (κ2) is 6.13. The van der Waals surface area contributed by atoms with Gasteiger partial charge >= 0.3 is 5.97 Å². The Kier molecular flexibility index (Phi) is 4.27. The third-order valence-electron chi connectivity index (χ3n) is 2.91. The minimum Gasteiger partial charge on any atom is -0.475 e. The Labute approximate surface area is 119 Å². The Hall–Kier alpha value is -2.76. The molecule has 6 heteroatoms. The maximum absolute atomic E-state index is 13.1. The molecule has 0 bridgehead atoms. The van der Waals surface area contributed by atoms with Crippen LogP contribution in [0.2, 0.25) is 0 Å². The molecule has 2 N–H and O–H groups in total. The van der Waals surface area contributed by atoms with Gasteiger partial charge in [-0.25, -0.2) is 9.18 Å². The van der Waals surface area contributed by atoms with Crippen molar-refractivity contribution in [3.05, 3.63) is 59.2 Å². The van der Waals surface area contributed by atoms with Crippen molar-refractivity contribution >= 4 is 17.5 Å². The maximum atomic E-state index is 13.1. The highest BCUT2D eigenvalue weighted by Gasteiger charge is 2.18. The molecule has 2 aromatic rings. The van der Waals surface area contributed by atoms with E-state index in [2.05, 4.69) is 4.98 Å². The minimum absolute atomic E-state index is 0.232. The predicted molar refractivity (Wildman–Crippen MR) is 71.6 cm³/mol. The topological polar surface area (TPSA) is 87.2 Å². The van der Waals surface area contributed by atoms with Gasteiger partial charge < -0.3 is 10.1 Å². The lowest BCUT2D eigenvalue weighted by molar-refractivity contribution is -0.148. The van der Waals surface area contributed by atoms with Crippen molar-refractivity contribution in [3.8, 4) is 0 Å². The average Bonchev–Trinajstić information content (AvgIpc) is 2.87. The number of aromatic amines is 1. The van der Waals surface area contributed by atoms with Gasteiger partial charge in [-0.15, -0.1) is 0 Å². The van der Waals surface area contributed by atoms with Gasteiger partial charge in [0.1, 0.15) is 5.82 Å². The van der Waals surface area contributed by atoms with Crippen LogP contribution in [0.3, 0.4) is 0 Å². The number of rotatable bonds is 6. The second-order valence-electron chi connectivity index (χ2n) is 4.55. The van der Waals surface area contributed by atoms with Crippen LogP contribution in [0.25, 0.3) is 0 Å². The molecular weight excluding hydrogens is 277 g/mol. The van der Waals surface area contributed by atoms with Crippen LogP contribution >= 0.6 is 0 Å². The maximum Gasteiger partial charge on any atom is 0.372 e. The standard InChI is InChI=1S/C15H12FNO4/c16-11-3-1-2-9(4-11)5-12-6-10(8-17-12)13(18)7-14(19)15(20)21/h1-4,6,8,17H,5,7H2,(H,20,21). The number of ketones is 2. The van der Waals surface area contributed by atoms with Crippen molar-refractivity contribution in [2.75, 3.05) is 0 Å².